The molecule has 0 aliphatic rings. The second-order valence-corrected chi connectivity index (χ2v) is 7.35. The summed E-state index contributed by atoms with van der Waals surface area (Å²) in [6.45, 7) is 1.86. The van der Waals surface area contributed by atoms with Crippen molar-refractivity contribution in [1.82, 2.24) is 0 Å². The number of alkyl halides is 5. The molecule has 1 atom stereocenters. The maximum atomic E-state index is 12.6. The molecular weight excluding hydrogens is 319 g/mol. The molecule has 0 saturated heterocycles. The van der Waals surface area contributed by atoms with E-state index in [1.165, 1.54) is 0 Å². The van der Waals surface area contributed by atoms with Gasteiger partial charge in [0, 0.05) is 6.42 Å². The lowest BCUT2D eigenvalue weighted by Crippen LogP contribution is -2.36. The first-order chi connectivity index (χ1) is 9.41. The molecule has 1 N–H and O–H groups in total. The molecule has 0 aromatic carbocycles. The van der Waals surface area contributed by atoms with Gasteiger partial charge in [-0.1, -0.05) is 13.3 Å². The van der Waals surface area contributed by atoms with Crippen molar-refractivity contribution >= 4 is 9.84 Å². The number of aliphatic hydroxyl groups is 1. The molecule has 0 aromatic rings. The van der Waals surface area contributed by atoms with Gasteiger partial charge in [0.25, 0.3) is 0 Å². The van der Waals surface area contributed by atoms with Crippen LogP contribution in [0.2, 0.25) is 0 Å². The van der Waals surface area contributed by atoms with Crippen LogP contribution >= 0.6 is 0 Å². The molecule has 9 heteroatoms. The van der Waals surface area contributed by atoms with Crippen molar-refractivity contribution in [2.75, 3.05) is 11.5 Å². The summed E-state index contributed by atoms with van der Waals surface area (Å²) < 4.78 is 83.9. The minimum absolute atomic E-state index is 0.166. The number of hydrogen-bond acceptors (Lipinski definition) is 3. The van der Waals surface area contributed by atoms with Crippen LogP contribution in [0.4, 0.5) is 22.0 Å². The van der Waals surface area contributed by atoms with Crippen LogP contribution in [0.1, 0.15) is 45.4 Å². The number of hydrogen-bond donors (Lipinski definition) is 1. The molecule has 0 fully saturated rings. The van der Waals surface area contributed by atoms with Gasteiger partial charge in [0.2, 0.25) is 0 Å². The van der Waals surface area contributed by atoms with E-state index in [1.54, 1.807) is 0 Å². The third-order valence-electron chi connectivity index (χ3n) is 2.98. The van der Waals surface area contributed by atoms with Gasteiger partial charge in [0.1, 0.15) is 9.84 Å². The predicted octanol–water partition coefficient (Wildman–Crippen LogP) is 3.32. The highest BCUT2D eigenvalue weighted by molar-refractivity contribution is 7.91. The average Bonchev–Trinajstić information content (AvgIpc) is 2.26. The Morgan fingerprint density at radius 1 is 1.00 bits per heavy atom. The summed E-state index contributed by atoms with van der Waals surface area (Å²) >= 11 is 0. The summed E-state index contributed by atoms with van der Waals surface area (Å²) in [5, 5.41) is 9.40. The molecule has 0 radical (unpaired) electrons. The minimum Gasteiger partial charge on any atom is -0.393 e. The Hall–Kier alpha value is -0.440. The van der Waals surface area contributed by atoms with E-state index in [4.69, 9.17) is 0 Å². The van der Waals surface area contributed by atoms with E-state index in [0.717, 1.165) is 6.42 Å². The summed E-state index contributed by atoms with van der Waals surface area (Å²) in [6, 6.07) is 0. The minimum atomic E-state index is -5.65. The van der Waals surface area contributed by atoms with E-state index < -0.39 is 46.6 Å². The van der Waals surface area contributed by atoms with Crippen LogP contribution in [0.5, 0.6) is 0 Å². The van der Waals surface area contributed by atoms with E-state index in [1.807, 2.05) is 6.92 Å². The Morgan fingerprint density at radius 2 is 1.52 bits per heavy atom. The van der Waals surface area contributed by atoms with Crippen LogP contribution in [0.15, 0.2) is 0 Å². The molecule has 0 saturated carbocycles. The topological polar surface area (TPSA) is 54.4 Å². The zero-order valence-corrected chi connectivity index (χ0v) is 12.6. The van der Waals surface area contributed by atoms with E-state index in [9.17, 15) is 35.5 Å². The van der Waals surface area contributed by atoms with E-state index in [0.29, 0.717) is 6.42 Å². The van der Waals surface area contributed by atoms with Crippen LogP contribution in [0, 0.1) is 0 Å². The van der Waals surface area contributed by atoms with Crippen molar-refractivity contribution in [3.8, 4) is 0 Å². The molecule has 21 heavy (non-hydrogen) atoms. The molecule has 3 nitrogen and oxygen atoms in total. The van der Waals surface area contributed by atoms with Crippen LogP contribution in [-0.2, 0) is 9.84 Å². The fourth-order valence-electron chi connectivity index (χ4n) is 1.77. The number of aliphatic hydroxyl groups excluding tert-OH is 1. The summed E-state index contributed by atoms with van der Waals surface area (Å²) in [7, 11) is -3.67. The summed E-state index contributed by atoms with van der Waals surface area (Å²) in [6.07, 6.45) is -6.81. The second-order valence-electron chi connectivity index (χ2n) is 5.04. The van der Waals surface area contributed by atoms with Gasteiger partial charge in [-0.15, -0.1) is 0 Å². The Bertz CT molecular complexity index is 392. The maximum Gasteiger partial charge on any atom is 0.453 e. The lowest BCUT2D eigenvalue weighted by atomic mass is 10.1. The highest BCUT2D eigenvalue weighted by Gasteiger charge is 2.56. The van der Waals surface area contributed by atoms with Crippen LogP contribution in [-0.4, -0.2) is 43.2 Å². The first-order valence-corrected chi connectivity index (χ1v) is 8.56. The normalized spacial score (nSPS) is 15.2. The van der Waals surface area contributed by atoms with Gasteiger partial charge in [-0.05, 0) is 25.7 Å². The zero-order chi connectivity index (χ0) is 16.7. The molecule has 0 bridgehead atoms. The fourth-order valence-corrected chi connectivity index (χ4v) is 3.17. The molecule has 0 heterocycles. The Kier molecular flexibility index (Phi) is 8.09. The third-order valence-corrected chi connectivity index (χ3v) is 4.80. The standard InChI is InChI=1S/C12H21F5O3S/c1-2-5-10(18)6-3-8-21(19,20)9-4-7-11(13,14)12(15,16)17/h10,18H,2-9H2,1H3. The maximum absolute atomic E-state index is 12.6. The van der Waals surface area contributed by atoms with E-state index in [-0.39, 0.29) is 18.6 Å². The Labute approximate surface area is 121 Å². The van der Waals surface area contributed by atoms with E-state index in [2.05, 4.69) is 0 Å². The predicted molar refractivity (Wildman–Crippen MR) is 69.0 cm³/mol. The summed E-state index contributed by atoms with van der Waals surface area (Å²) in [5.74, 6) is -5.88. The lowest BCUT2D eigenvalue weighted by molar-refractivity contribution is -0.284. The second kappa shape index (κ2) is 8.26. The van der Waals surface area contributed by atoms with Crippen molar-refractivity contribution in [2.24, 2.45) is 0 Å². The zero-order valence-electron chi connectivity index (χ0n) is 11.8. The van der Waals surface area contributed by atoms with Gasteiger partial charge in [-0.2, -0.15) is 22.0 Å². The van der Waals surface area contributed by atoms with Crippen LogP contribution in [0.25, 0.3) is 0 Å². The Balaban J connectivity index is 4.10. The first-order valence-electron chi connectivity index (χ1n) is 6.74. The van der Waals surface area contributed by atoms with Crippen molar-refractivity contribution < 1.29 is 35.5 Å². The molecule has 0 aromatic heterocycles. The van der Waals surface area contributed by atoms with Crippen LogP contribution < -0.4 is 0 Å². The molecule has 0 spiro atoms. The van der Waals surface area contributed by atoms with Gasteiger partial charge in [-0.3, -0.25) is 0 Å². The monoisotopic (exact) mass is 340 g/mol. The first kappa shape index (κ1) is 20.6. The van der Waals surface area contributed by atoms with Gasteiger partial charge in [-0.25, -0.2) is 8.42 Å². The van der Waals surface area contributed by atoms with Gasteiger partial charge in [0.05, 0.1) is 17.6 Å². The Morgan fingerprint density at radius 3 is 2.00 bits per heavy atom. The van der Waals surface area contributed by atoms with Crippen molar-refractivity contribution in [2.45, 2.75) is 63.7 Å². The largest absolute Gasteiger partial charge is 0.453 e. The van der Waals surface area contributed by atoms with Crippen molar-refractivity contribution in [1.29, 1.82) is 0 Å². The number of sulfone groups is 1. The highest BCUT2D eigenvalue weighted by Crippen LogP contribution is 2.38. The molecule has 0 rings (SSSR count). The van der Waals surface area contributed by atoms with Gasteiger partial charge in [0.15, 0.2) is 0 Å². The summed E-state index contributed by atoms with van der Waals surface area (Å²) in [5.41, 5.74) is 0. The quantitative estimate of drug-likeness (QED) is 0.621. The lowest BCUT2D eigenvalue weighted by Gasteiger charge is -2.19. The molecule has 128 valence electrons. The van der Waals surface area contributed by atoms with Gasteiger partial charge < -0.3 is 5.11 Å². The van der Waals surface area contributed by atoms with E-state index >= 15 is 0 Å². The van der Waals surface area contributed by atoms with Crippen molar-refractivity contribution in [3.63, 3.8) is 0 Å². The molecule has 0 amide bonds. The highest BCUT2D eigenvalue weighted by atomic mass is 32.2. The smallest absolute Gasteiger partial charge is 0.393 e. The van der Waals surface area contributed by atoms with Crippen molar-refractivity contribution in [3.05, 3.63) is 0 Å². The summed E-state index contributed by atoms with van der Waals surface area (Å²) in [4.78, 5) is 0. The molecule has 0 aliphatic heterocycles. The van der Waals surface area contributed by atoms with Gasteiger partial charge >= 0.3 is 12.1 Å². The SMILES string of the molecule is CCCC(O)CCCS(=O)(=O)CCCC(F)(F)C(F)(F)F. The third kappa shape index (κ3) is 8.55. The van der Waals surface area contributed by atoms with Crippen LogP contribution in [0.3, 0.4) is 0 Å². The number of halogens is 5. The molecular formula is C12H21F5O3S. The number of rotatable bonds is 10. The molecule has 1 unspecified atom stereocenters. The average molecular weight is 340 g/mol. The fraction of sp³-hybridized carbons (Fsp3) is 1.00. The molecule has 0 aliphatic carbocycles.